The van der Waals surface area contributed by atoms with Gasteiger partial charge in [0.15, 0.2) is 11.3 Å². The van der Waals surface area contributed by atoms with Gasteiger partial charge in [-0.25, -0.2) is 0 Å². The maximum Gasteiger partial charge on any atom is 0.204 e. The summed E-state index contributed by atoms with van der Waals surface area (Å²) in [5.74, 6) is -3.62. The van der Waals surface area contributed by atoms with Crippen LogP contribution in [0.5, 0.6) is 0 Å². The molecule has 0 bridgehead atoms. The van der Waals surface area contributed by atoms with Crippen molar-refractivity contribution in [3.8, 4) is 0 Å². The first-order chi connectivity index (χ1) is 5.46. The van der Waals surface area contributed by atoms with E-state index in [-0.39, 0.29) is 0 Å². The van der Waals surface area contributed by atoms with Crippen LogP contribution in [0.2, 0.25) is 0 Å². The van der Waals surface area contributed by atoms with Crippen molar-refractivity contribution in [2.24, 2.45) is 0 Å². The summed E-state index contributed by atoms with van der Waals surface area (Å²) in [6, 6.07) is 0. The molecule has 2 atom stereocenters. The molecule has 1 aliphatic heterocycles. The van der Waals surface area contributed by atoms with Gasteiger partial charge in [-0.05, 0) is 6.66 Å². The minimum atomic E-state index is -1.45. The van der Waals surface area contributed by atoms with Gasteiger partial charge in [0.1, 0.15) is 5.85 Å². The number of rotatable bonds is 0. The van der Waals surface area contributed by atoms with Gasteiger partial charge in [0, 0.05) is 7.92 Å². The third kappa shape index (κ3) is 1.11. The van der Waals surface area contributed by atoms with Crippen LogP contribution in [0.25, 0.3) is 0 Å². The van der Waals surface area contributed by atoms with Crippen LogP contribution in [0.15, 0.2) is 22.8 Å². The molecule has 1 aliphatic rings. The third-order valence-corrected chi connectivity index (χ3v) is 3.48. The Morgan fingerprint density at radius 3 is 2.08 bits per heavy atom. The van der Waals surface area contributed by atoms with E-state index < -0.39 is 36.5 Å². The molecule has 0 radical (unpaired) electrons. The number of hydrogen-bond donors (Lipinski definition) is 5. The van der Waals surface area contributed by atoms with Crippen molar-refractivity contribution in [3.63, 3.8) is 0 Å². The number of aliphatic hydroxyl groups is 5. The topological polar surface area (TPSA) is 101 Å². The molecule has 0 saturated heterocycles. The molecule has 0 aliphatic carbocycles. The van der Waals surface area contributed by atoms with Crippen LogP contribution >= 0.6 is 7.92 Å². The maximum atomic E-state index is 9.16. The molecule has 0 aromatic rings. The second-order valence-electron chi connectivity index (χ2n) is 2.39. The molecule has 0 aromatic carbocycles. The van der Waals surface area contributed by atoms with Crippen LogP contribution in [0, 0.1) is 0 Å². The molecular formula is C6H9O5P. The predicted molar refractivity (Wildman–Crippen MR) is 43.4 cm³/mol. The first-order valence-electron chi connectivity index (χ1n) is 3.12. The Morgan fingerprint density at radius 2 is 1.58 bits per heavy atom. The molecule has 2 unspecified atom stereocenters. The van der Waals surface area contributed by atoms with E-state index in [1.54, 1.807) is 0 Å². The summed E-state index contributed by atoms with van der Waals surface area (Å²) in [6.45, 7) is 1.47. The molecule has 1 rings (SSSR count). The molecular weight excluding hydrogens is 183 g/mol. The highest BCUT2D eigenvalue weighted by atomic mass is 31.1. The monoisotopic (exact) mass is 192 g/mol. The molecule has 6 heteroatoms. The van der Waals surface area contributed by atoms with Crippen molar-refractivity contribution < 1.29 is 25.5 Å². The Balaban J connectivity index is 3.18. The Bertz CT molecular complexity index is 241. The molecule has 0 aromatic heterocycles. The van der Waals surface area contributed by atoms with E-state index in [4.69, 9.17) is 25.5 Å². The molecule has 5 nitrogen and oxygen atoms in total. The van der Waals surface area contributed by atoms with Gasteiger partial charge in [-0.3, -0.25) is 0 Å². The second kappa shape index (κ2) is 2.84. The summed E-state index contributed by atoms with van der Waals surface area (Å²) >= 11 is 0. The first kappa shape index (κ1) is 9.16. The smallest absolute Gasteiger partial charge is 0.204 e. The van der Waals surface area contributed by atoms with Gasteiger partial charge in [0.2, 0.25) is 11.5 Å². The summed E-state index contributed by atoms with van der Waals surface area (Å²) in [6.07, 6.45) is 0. The molecule has 0 amide bonds. The normalized spacial score (nSPS) is 31.2. The maximum absolute atomic E-state index is 9.16. The average Bonchev–Trinajstić information content (AvgIpc) is 2.08. The minimum Gasteiger partial charge on any atom is -0.506 e. The predicted octanol–water partition coefficient (Wildman–Crippen LogP) is 1.04. The SMILES string of the molecule is CP1C(O)=C(O)C(O)=C(O)C1O. The summed E-state index contributed by atoms with van der Waals surface area (Å²) in [5, 5.41) is 45.1. The minimum absolute atomic E-state index is 0.465. The van der Waals surface area contributed by atoms with Gasteiger partial charge in [-0.1, -0.05) is 0 Å². The van der Waals surface area contributed by atoms with E-state index in [0.717, 1.165) is 0 Å². The third-order valence-electron chi connectivity index (χ3n) is 1.62. The van der Waals surface area contributed by atoms with Crippen LogP contribution < -0.4 is 0 Å². The fraction of sp³-hybridized carbons (Fsp3) is 0.333. The molecule has 0 saturated carbocycles. The van der Waals surface area contributed by atoms with Crippen LogP contribution in [0.3, 0.4) is 0 Å². The zero-order valence-electron chi connectivity index (χ0n) is 6.26. The lowest BCUT2D eigenvalue weighted by atomic mass is 10.3. The second-order valence-corrected chi connectivity index (χ2v) is 4.53. The number of hydrogen-bond acceptors (Lipinski definition) is 5. The average molecular weight is 192 g/mol. The van der Waals surface area contributed by atoms with Gasteiger partial charge >= 0.3 is 0 Å². The van der Waals surface area contributed by atoms with E-state index in [1.165, 1.54) is 6.66 Å². The quantitative estimate of drug-likeness (QED) is 0.369. The fourth-order valence-electron chi connectivity index (χ4n) is 0.816. The molecule has 1 heterocycles. The Kier molecular flexibility index (Phi) is 2.17. The van der Waals surface area contributed by atoms with Crippen molar-refractivity contribution in [2.75, 3.05) is 6.66 Å². The highest BCUT2D eigenvalue weighted by molar-refractivity contribution is 7.61. The highest BCUT2D eigenvalue weighted by Crippen LogP contribution is 2.50. The largest absolute Gasteiger partial charge is 0.506 e. The van der Waals surface area contributed by atoms with E-state index in [1.807, 2.05) is 0 Å². The van der Waals surface area contributed by atoms with Gasteiger partial charge in [0.05, 0.1) is 0 Å². The lowest BCUT2D eigenvalue weighted by Gasteiger charge is -2.23. The fourth-order valence-corrected chi connectivity index (χ4v) is 1.98. The van der Waals surface area contributed by atoms with Crippen LogP contribution in [-0.2, 0) is 0 Å². The summed E-state index contributed by atoms with van der Waals surface area (Å²) in [5.41, 5.74) is -0.465. The van der Waals surface area contributed by atoms with Crippen LogP contribution in [0.1, 0.15) is 0 Å². The molecule has 68 valence electrons. The molecule has 12 heavy (non-hydrogen) atoms. The Labute approximate surface area is 69.6 Å². The van der Waals surface area contributed by atoms with E-state index in [0.29, 0.717) is 0 Å². The summed E-state index contributed by atoms with van der Waals surface area (Å²) < 4.78 is 0. The van der Waals surface area contributed by atoms with Crippen molar-refractivity contribution in [3.05, 3.63) is 22.8 Å². The molecule has 0 fully saturated rings. The van der Waals surface area contributed by atoms with Crippen molar-refractivity contribution in [1.82, 2.24) is 0 Å². The van der Waals surface area contributed by atoms with E-state index in [9.17, 15) is 0 Å². The van der Waals surface area contributed by atoms with Crippen molar-refractivity contribution in [1.29, 1.82) is 0 Å². The lowest BCUT2D eigenvalue weighted by molar-refractivity contribution is 0.183. The zero-order valence-corrected chi connectivity index (χ0v) is 7.16. The van der Waals surface area contributed by atoms with Gasteiger partial charge in [-0.15, -0.1) is 0 Å². The molecule has 5 N–H and O–H groups in total. The van der Waals surface area contributed by atoms with Crippen LogP contribution in [0.4, 0.5) is 0 Å². The van der Waals surface area contributed by atoms with E-state index >= 15 is 0 Å². The zero-order chi connectivity index (χ0) is 9.46. The van der Waals surface area contributed by atoms with Gasteiger partial charge in [0.25, 0.3) is 0 Å². The van der Waals surface area contributed by atoms with E-state index in [2.05, 4.69) is 0 Å². The number of aliphatic hydroxyl groups excluding tert-OH is 5. The van der Waals surface area contributed by atoms with Gasteiger partial charge < -0.3 is 25.5 Å². The van der Waals surface area contributed by atoms with Crippen molar-refractivity contribution in [2.45, 2.75) is 5.85 Å². The first-order valence-corrected chi connectivity index (χ1v) is 4.98. The Hall–Kier alpha value is -0.930. The lowest BCUT2D eigenvalue weighted by Crippen LogP contribution is -2.17. The summed E-state index contributed by atoms with van der Waals surface area (Å²) in [7, 11) is -1.45. The molecule has 0 spiro atoms. The van der Waals surface area contributed by atoms with Crippen molar-refractivity contribution >= 4 is 7.92 Å². The highest BCUT2D eigenvalue weighted by Gasteiger charge is 2.34. The Morgan fingerprint density at radius 1 is 1.08 bits per heavy atom. The summed E-state index contributed by atoms with van der Waals surface area (Å²) in [4.78, 5) is 0. The van der Waals surface area contributed by atoms with Crippen LogP contribution in [-0.4, -0.2) is 38.0 Å². The van der Waals surface area contributed by atoms with Gasteiger partial charge in [-0.2, -0.15) is 0 Å². The standard InChI is InChI=1S/C6H9O5P/c1-12-5(10)3(8)2(7)4(9)6(12)11/h5,7-11H,1H3.